The van der Waals surface area contributed by atoms with Crippen LogP contribution in [-0.2, 0) is 13.0 Å². The van der Waals surface area contributed by atoms with E-state index in [1.54, 1.807) is 31.4 Å². The zero-order valence-corrected chi connectivity index (χ0v) is 18.9. The lowest BCUT2D eigenvalue weighted by Crippen LogP contribution is -2.34. The van der Waals surface area contributed by atoms with Crippen molar-refractivity contribution >= 4 is 17.6 Å². The predicted octanol–water partition coefficient (Wildman–Crippen LogP) is 2.47. The van der Waals surface area contributed by atoms with Crippen LogP contribution in [0.15, 0.2) is 36.5 Å². The van der Waals surface area contributed by atoms with Crippen LogP contribution >= 0.6 is 0 Å². The molecule has 0 saturated carbocycles. The van der Waals surface area contributed by atoms with Crippen LogP contribution in [0.5, 0.6) is 5.75 Å². The first-order chi connectivity index (χ1) is 16.0. The Balaban J connectivity index is 1.35. The van der Waals surface area contributed by atoms with Gasteiger partial charge in [0.25, 0.3) is 11.8 Å². The lowest BCUT2D eigenvalue weighted by atomic mass is 10.1. The quantitative estimate of drug-likeness (QED) is 0.639. The van der Waals surface area contributed by atoms with Gasteiger partial charge >= 0.3 is 0 Å². The Hall–Kier alpha value is -3.59. The molecule has 2 aliphatic rings. The van der Waals surface area contributed by atoms with E-state index in [0.717, 1.165) is 56.1 Å². The summed E-state index contributed by atoms with van der Waals surface area (Å²) in [7, 11) is 3.68. The molecular formula is C24H28N6O3. The molecule has 172 valence electrons. The molecule has 9 nitrogen and oxygen atoms in total. The molecule has 1 fully saturated rings. The van der Waals surface area contributed by atoms with Crippen molar-refractivity contribution in [2.45, 2.75) is 19.4 Å². The van der Waals surface area contributed by atoms with E-state index in [4.69, 9.17) is 4.74 Å². The van der Waals surface area contributed by atoms with Gasteiger partial charge in [0.15, 0.2) is 5.82 Å². The number of anilines is 1. The number of methoxy groups -OCH3 is 1. The summed E-state index contributed by atoms with van der Waals surface area (Å²) in [5, 5.41) is 10.3. The van der Waals surface area contributed by atoms with Gasteiger partial charge in [0, 0.05) is 43.5 Å². The number of amides is 2. The summed E-state index contributed by atoms with van der Waals surface area (Å²) in [5.74, 6) is 1.07. The monoisotopic (exact) mass is 448 g/mol. The standard InChI is InChI=1S/C24H28N6O3/c1-28-9-3-10-29(13-12-28)24(32)17-14-20-21-19(8-11-30(20)15-17)22(27-26-21)25-23(31)16-4-6-18(33-2)7-5-16/h4-7,14-15H,3,8-13H2,1-2H3,(H2,25,26,27,31). The maximum absolute atomic E-state index is 13.1. The average Bonchev–Trinajstić information content (AvgIpc) is 3.38. The largest absolute Gasteiger partial charge is 0.497 e. The number of hydrogen-bond donors (Lipinski definition) is 2. The number of aryl methyl sites for hydroxylation is 1. The van der Waals surface area contributed by atoms with E-state index >= 15 is 0 Å². The van der Waals surface area contributed by atoms with Gasteiger partial charge in [0.2, 0.25) is 0 Å². The Kier molecular flexibility index (Phi) is 5.63. The third-order valence-electron chi connectivity index (χ3n) is 6.46. The molecule has 1 aromatic carbocycles. The fourth-order valence-electron chi connectivity index (χ4n) is 4.53. The first-order valence-electron chi connectivity index (χ1n) is 11.2. The van der Waals surface area contributed by atoms with E-state index in [1.165, 1.54) is 0 Å². The summed E-state index contributed by atoms with van der Waals surface area (Å²) in [4.78, 5) is 30.0. The van der Waals surface area contributed by atoms with E-state index in [1.807, 2.05) is 17.2 Å². The number of fused-ring (bicyclic) bond motifs is 3. The van der Waals surface area contributed by atoms with Gasteiger partial charge in [-0.2, -0.15) is 5.10 Å². The van der Waals surface area contributed by atoms with Gasteiger partial charge in [-0.1, -0.05) is 0 Å². The first kappa shape index (κ1) is 21.3. The number of carbonyl (C=O) groups is 2. The molecule has 2 aliphatic heterocycles. The smallest absolute Gasteiger partial charge is 0.256 e. The van der Waals surface area contributed by atoms with Crippen molar-refractivity contribution in [1.29, 1.82) is 0 Å². The van der Waals surface area contributed by atoms with Crippen LogP contribution in [0.1, 0.15) is 32.7 Å². The number of ether oxygens (including phenoxy) is 1. The predicted molar refractivity (Wildman–Crippen MR) is 125 cm³/mol. The third kappa shape index (κ3) is 4.11. The number of aromatic nitrogens is 3. The molecule has 9 heteroatoms. The minimum absolute atomic E-state index is 0.0706. The van der Waals surface area contributed by atoms with E-state index in [9.17, 15) is 9.59 Å². The van der Waals surface area contributed by atoms with Crippen molar-refractivity contribution in [2.75, 3.05) is 45.7 Å². The normalized spacial score (nSPS) is 16.0. The molecule has 0 aliphatic carbocycles. The number of rotatable bonds is 4. The van der Waals surface area contributed by atoms with Crippen LogP contribution in [0.25, 0.3) is 11.4 Å². The van der Waals surface area contributed by atoms with E-state index in [0.29, 0.717) is 29.1 Å². The van der Waals surface area contributed by atoms with Crippen molar-refractivity contribution in [2.24, 2.45) is 0 Å². The zero-order chi connectivity index (χ0) is 22.9. The number of nitrogens with zero attached hydrogens (tertiary/aromatic N) is 4. The highest BCUT2D eigenvalue weighted by atomic mass is 16.5. The average molecular weight is 449 g/mol. The number of likely N-dealkylation sites (N-methyl/N-ethyl adjacent to an activating group) is 1. The fourth-order valence-corrected chi connectivity index (χ4v) is 4.53. The minimum Gasteiger partial charge on any atom is -0.497 e. The summed E-state index contributed by atoms with van der Waals surface area (Å²) in [6, 6.07) is 8.88. The number of aromatic amines is 1. The van der Waals surface area contributed by atoms with E-state index < -0.39 is 0 Å². The highest BCUT2D eigenvalue weighted by molar-refractivity contribution is 6.04. The van der Waals surface area contributed by atoms with Crippen molar-refractivity contribution in [3.63, 3.8) is 0 Å². The maximum Gasteiger partial charge on any atom is 0.256 e. The van der Waals surface area contributed by atoms with E-state index in [-0.39, 0.29) is 11.8 Å². The zero-order valence-electron chi connectivity index (χ0n) is 18.9. The van der Waals surface area contributed by atoms with Crippen molar-refractivity contribution in [3.05, 3.63) is 53.2 Å². The van der Waals surface area contributed by atoms with Gasteiger partial charge in [-0.3, -0.25) is 14.7 Å². The molecular weight excluding hydrogens is 420 g/mol. The summed E-state index contributed by atoms with van der Waals surface area (Å²) in [6.07, 6.45) is 3.64. The van der Waals surface area contributed by atoms with Crippen LogP contribution in [0.3, 0.4) is 0 Å². The molecule has 4 heterocycles. The molecule has 2 N–H and O–H groups in total. The lowest BCUT2D eigenvalue weighted by Gasteiger charge is -2.19. The Labute approximate surface area is 192 Å². The van der Waals surface area contributed by atoms with E-state index in [2.05, 4.69) is 32.0 Å². The molecule has 0 unspecified atom stereocenters. The molecule has 2 aromatic heterocycles. The van der Waals surface area contributed by atoms with Crippen molar-refractivity contribution in [3.8, 4) is 17.1 Å². The second-order valence-corrected chi connectivity index (χ2v) is 8.61. The number of hydrogen-bond acceptors (Lipinski definition) is 5. The molecule has 3 aromatic rings. The molecule has 0 atom stereocenters. The first-order valence-corrected chi connectivity index (χ1v) is 11.2. The molecule has 2 amide bonds. The summed E-state index contributed by atoms with van der Waals surface area (Å²) >= 11 is 0. The topological polar surface area (TPSA) is 95.5 Å². The van der Waals surface area contributed by atoms with Crippen LogP contribution in [0.2, 0.25) is 0 Å². The Morgan fingerprint density at radius 1 is 1.06 bits per heavy atom. The van der Waals surface area contributed by atoms with Gasteiger partial charge in [-0.15, -0.1) is 0 Å². The SMILES string of the molecule is COc1ccc(C(=O)Nc2n[nH]c3c2CCn2cc(C(=O)N4CCCN(C)CC4)cc2-3)cc1. The van der Waals surface area contributed by atoms with Gasteiger partial charge in [0.05, 0.1) is 24.1 Å². The van der Waals surface area contributed by atoms with Crippen LogP contribution < -0.4 is 10.1 Å². The number of H-pyrrole nitrogens is 1. The van der Waals surface area contributed by atoms with Crippen LogP contribution in [0.4, 0.5) is 5.82 Å². The Morgan fingerprint density at radius 3 is 2.67 bits per heavy atom. The molecule has 0 spiro atoms. The fraction of sp³-hybridized carbons (Fsp3) is 0.375. The second kappa shape index (κ2) is 8.74. The molecule has 5 rings (SSSR count). The Bertz CT molecular complexity index is 1180. The minimum atomic E-state index is -0.227. The van der Waals surface area contributed by atoms with Crippen LogP contribution in [0, 0.1) is 0 Å². The molecule has 1 saturated heterocycles. The van der Waals surface area contributed by atoms with Gasteiger partial charge < -0.3 is 24.4 Å². The van der Waals surface area contributed by atoms with Crippen LogP contribution in [-0.4, -0.2) is 76.7 Å². The third-order valence-corrected chi connectivity index (χ3v) is 6.46. The highest BCUT2D eigenvalue weighted by Crippen LogP contribution is 2.34. The van der Waals surface area contributed by atoms with Crippen molar-refractivity contribution in [1.82, 2.24) is 24.6 Å². The maximum atomic E-state index is 13.1. The van der Waals surface area contributed by atoms with Gasteiger partial charge in [-0.05, 0) is 56.8 Å². The molecule has 0 radical (unpaired) electrons. The highest BCUT2D eigenvalue weighted by Gasteiger charge is 2.27. The summed E-state index contributed by atoms with van der Waals surface area (Å²) in [5.41, 5.74) is 3.95. The Morgan fingerprint density at radius 2 is 1.88 bits per heavy atom. The van der Waals surface area contributed by atoms with Crippen molar-refractivity contribution < 1.29 is 14.3 Å². The number of nitrogens with one attached hydrogen (secondary N) is 2. The summed E-state index contributed by atoms with van der Waals surface area (Å²) in [6.45, 7) is 4.15. The van der Waals surface area contributed by atoms with Gasteiger partial charge in [-0.25, -0.2) is 0 Å². The van der Waals surface area contributed by atoms with Gasteiger partial charge in [0.1, 0.15) is 5.75 Å². The molecule has 0 bridgehead atoms. The number of benzene rings is 1. The molecule has 33 heavy (non-hydrogen) atoms. The second-order valence-electron chi connectivity index (χ2n) is 8.61. The number of carbonyl (C=O) groups excluding carboxylic acids is 2. The lowest BCUT2D eigenvalue weighted by molar-refractivity contribution is 0.0762. The summed E-state index contributed by atoms with van der Waals surface area (Å²) < 4.78 is 7.24.